The van der Waals surface area contributed by atoms with Gasteiger partial charge in [-0.1, -0.05) is 166 Å². The quantitative estimate of drug-likeness (QED) is 0.151. The summed E-state index contributed by atoms with van der Waals surface area (Å²) in [5.74, 6) is -0.254. The van der Waals surface area contributed by atoms with E-state index in [1.807, 2.05) is 12.1 Å². The number of anilines is 3. The Hall–Kier alpha value is -7.81. The van der Waals surface area contributed by atoms with Crippen molar-refractivity contribution < 1.29 is 4.39 Å². The molecule has 0 radical (unpaired) electrons. The lowest BCUT2D eigenvalue weighted by Gasteiger charge is -2.28. The zero-order valence-electron chi connectivity index (χ0n) is 35.1. The fourth-order valence-electron chi connectivity index (χ4n) is 10.3. The van der Waals surface area contributed by atoms with Crippen LogP contribution in [0.4, 0.5) is 21.5 Å². The van der Waals surface area contributed by atoms with Crippen molar-refractivity contribution in [1.29, 1.82) is 0 Å². The summed E-state index contributed by atoms with van der Waals surface area (Å²) in [6.07, 6.45) is 0. The van der Waals surface area contributed by atoms with E-state index >= 15 is 0 Å². The average molecular weight is 808 g/mol. The molecule has 0 amide bonds. The minimum atomic E-state index is -0.254. The summed E-state index contributed by atoms with van der Waals surface area (Å²) < 4.78 is 14.4. The van der Waals surface area contributed by atoms with Crippen molar-refractivity contribution in [2.75, 3.05) is 4.90 Å². The average Bonchev–Trinajstić information content (AvgIpc) is 3.56. The summed E-state index contributed by atoms with van der Waals surface area (Å²) in [4.78, 5) is 2.24. The molecule has 0 spiro atoms. The van der Waals surface area contributed by atoms with Crippen LogP contribution in [0.5, 0.6) is 0 Å². The van der Waals surface area contributed by atoms with Crippen LogP contribution in [0.2, 0.25) is 0 Å². The molecule has 12 rings (SSSR count). The summed E-state index contributed by atoms with van der Waals surface area (Å²) in [6.45, 7) is 4.61. The van der Waals surface area contributed by atoms with Gasteiger partial charge in [0.15, 0.2) is 0 Å². The Bertz CT molecular complexity index is 3600. The molecule has 0 heterocycles. The minimum Gasteiger partial charge on any atom is -0.310 e. The maximum Gasteiger partial charge on any atom is 0.123 e. The molecule has 0 bridgehead atoms. The van der Waals surface area contributed by atoms with E-state index in [1.54, 1.807) is 12.1 Å². The fraction of sp³-hybridized carbons (Fsp3) is 0.0492. The van der Waals surface area contributed by atoms with Crippen LogP contribution in [-0.4, -0.2) is 0 Å². The van der Waals surface area contributed by atoms with E-state index in [2.05, 4.69) is 213 Å². The van der Waals surface area contributed by atoms with Crippen LogP contribution >= 0.6 is 0 Å². The van der Waals surface area contributed by atoms with E-state index in [0.717, 1.165) is 28.2 Å². The van der Waals surface area contributed by atoms with Crippen LogP contribution in [0.25, 0.3) is 87.6 Å². The maximum atomic E-state index is 14.4. The highest BCUT2D eigenvalue weighted by Crippen LogP contribution is 2.51. The van der Waals surface area contributed by atoms with Crippen molar-refractivity contribution in [3.63, 3.8) is 0 Å². The van der Waals surface area contributed by atoms with E-state index in [4.69, 9.17) is 0 Å². The summed E-state index contributed by atoms with van der Waals surface area (Å²) in [5.41, 5.74) is 15.1. The van der Waals surface area contributed by atoms with Crippen LogP contribution in [0.3, 0.4) is 0 Å². The lowest BCUT2D eigenvalue weighted by Crippen LogP contribution is -2.16. The lowest BCUT2D eigenvalue weighted by molar-refractivity contribution is 0.628. The first kappa shape index (κ1) is 37.0. The number of hydrogen-bond donors (Lipinski definition) is 0. The summed E-state index contributed by atoms with van der Waals surface area (Å²) in [5, 5.41) is 9.81. The van der Waals surface area contributed by atoms with Gasteiger partial charge in [0, 0.05) is 22.5 Å². The van der Waals surface area contributed by atoms with E-state index < -0.39 is 0 Å². The highest BCUT2D eigenvalue weighted by Gasteiger charge is 2.35. The standard InChI is InChI=1S/C61H42FN/c1-61(2)57-18-10-9-15-51(57)52-34-32-50(38-58(52)61)63(49-30-26-47(62)27-31-49)48-28-23-41(24-29-48)44-25-33-55-56(37-44)60(46-22-20-40-12-4-6-14-43(40)36-46)54-17-8-7-16-53(54)59(55)45-21-19-39-11-3-5-13-42(39)35-45/h3-38H,1-2H3. The number of fused-ring (bicyclic) bond motifs is 7. The number of benzene rings is 11. The third kappa shape index (κ3) is 6.05. The molecule has 298 valence electrons. The number of rotatable bonds is 6. The molecule has 0 atom stereocenters. The monoisotopic (exact) mass is 807 g/mol. The predicted molar refractivity (Wildman–Crippen MR) is 265 cm³/mol. The molecule has 0 unspecified atom stereocenters. The molecule has 0 aliphatic heterocycles. The Labute approximate surface area is 367 Å². The van der Waals surface area contributed by atoms with Crippen LogP contribution < -0.4 is 4.90 Å². The van der Waals surface area contributed by atoms with Gasteiger partial charge in [-0.15, -0.1) is 0 Å². The molecule has 1 aliphatic rings. The summed E-state index contributed by atoms with van der Waals surface area (Å²) in [7, 11) is 0. The van der Waals surface area contributed by atoms with Gasteiger partial charge in [-0.3, -0.25) is 0 Å². The number of nitrogens with zero attached hydrogens (tertiary/aromatic N) is 1. The Morgan fingerprint density at radius 1 is 0.333 bits per heavy atom. The van der Waals surface area contributed by atoms with Crippen molar-refractivity contribution in [3.8, 4) is 44.5 Å². The van der Waals surface area contributed by atoms with E-state index in [0.29, 0.717) is 0 Å². The predicted octanol–water partition coefficient (Wildman–Crippen LogP) is 17.2. The molecular formula is C61H42FN. The van der Waals surface area contributed by atoms with Crippen molar-refractivity contribution >= 4 is 60.2 Å². The molecular weight excluding hydrogens is 766 g/mol. The Balaban J connectivity index is 1.03. The molecule has 1 aliphatic carbocycles. The second-order valence-electron chi connectivity index (χ2n) is 17.4. The topological polar surface area (TPSA) is 3.24 Å². The Kier molecular flexibility index (Phi) is 8.45. The molecule has 2 heteroatoms. The largest absolute Gasteiger partial charge is 0.310 e. The van der Waals surface area contributed by atoms with Crippen molar-refractivity contribution in [1.82, 2.24) is 0 Å². The first-order valence-electron chi connectivity index (χ1n) is 21.8. The second kappa shape index (κ2) is 14.4. The van der Waals surface area contributed by atoms with Gasteiger partial charge in [-0.2, -0.15) is 0 Å². The van der Waals surface area contributed by atoms with Crippen LogP contribution in [0, 0.1) is 5.82 Å². The highest BCUT2D eigenvalue weighted by atomic mass is 19.1. The van der Waals surface area contributed by atoms with Crippen LogP contribution in [0.15, 0.2) is 218 Å². The molecule has 1 nitrogen and oxygen atoms in total. The molecule has 0 fully saturated rings. The SMILES string of the molecule is CC1(C)c2ccccc2-c2ccc(N(c3ccc(F)cc3)c3ccc(-c4ccc5c(-c6ccc7ccccc7c6)c6ccccc6c(-c6ccc7ccccc7c6)c5c4)cc3)cc21. The first-order valence-corrected chi connectivity index (χ1v) is 21.8. The van der Waals surface area contributed by atoms with Crippen LogP contribution in [0.1, 0.15) is 25.0 Å². The van der Waals surface area contributed by atoms with Crippen molar-refractivity contribution in [3.05, 3.63) is 235 Å². The fourth-order valence-corrected chi connectivity index (χ4v) is 10.3. The van der Waals surface area contributed by atoms with Gasteiger partial charge in [0.2, 0.25) is 0 Å². The lowest BCUT2D eigenvalue weighted by atomic mass is 9.82. The minimum absolute atomic E-state index is 0.151. The van der Waals surface area contributed by atoms with E-state index in [9.17, 15) is 4.39 Å². The zero-order valence-corrected chi connectivity index (χ0v) is 35.1. The van der Waals surface area contributed by atoms with Gasteiger partial charge in [-0.05, 0) is 165 Å². The van der Waals surface area contributed by atoms with Gasteiger partial charge in [0.05, 0.1) is 0 Å². The van der Waals surface area contributed by atoms with Gasteiger partial charge in [-0.25, -0.2) is 4.39 Å². The Morgan fingerprint density at radius 2 is 0.810 bits per heavy atom. The summed E-state index contributed by atoms with van der Waals surface area (Å²) in [6, 6.07) is 78.0. The van der Waals surface area contributed by atoms with Crippen molar-refractivity contribution in [2.24, 2.45) is 0 Å². The molecule has 0 aromatic heterocycles. The van der Waals surface area contributed by atoms with E-state index in [-0.39, 0.29) is 11.2 Å². The third-order valence-corrected chi connectivity index (χ3v) is 13.5. The van der Waals surface area contributed by atoms with Crippen LogP contribution in [-0.2, 0) is 5.41 Å². The normalized spacial score (nSPS) is 12.8. The summed E-state index contributed by atoms with van der Waals surface area (Å²) >= 11 is 0. The second-order valence-corrected chi connectivity index (χ2v) is 17.4. The van der Waals surface area contributed by atoms with Gasteiger partial charge in [0.1, 0.15) is 5.82 Å². The smallest absolute Gasteiger partial charge is 0.123 e. The molecule has 11 aromatic carbocycles. The first-order chi connectivity index (χ1) is 30.9. The molecule has 0 saturated carbocycles. The number of hydrogen-bond acceptors (Lipinski definition) is 1. The maximum absolute atomic E-state index is 14.4. The number of halogens is 1. The van der Waals surface area contributed by atoms with E-state index in [1.165, 1.54) is 87.6 Å². The molecule has 11 aromatic rings. The zero-order chi connectivity index (χ0) is 42.2. The molecule has 0 saturated heterocycles. The van der Waals surface area contributed by atoms with Gasteiger partial charge < -0.3 is 4.90 Å². The molecule has 0 N–H and O–H groups in total. The van der Waals surface area contributed by atoms with Gasteiger partial charge >= 0.3 is 0 Å². The molecule has 63 heavy (non-hydrogen) atoms. The highest BCUT2D eigenvalue weighted by molar-refractivity contribution is 6.22. The Morgan fingerprint density at radius 3 is 1.46 bits per heavy atom. The third-order valence-electron chi connectivity index (χ3n) is 13.5. The van der Waals surface area contributed by atoms with Crippen molar-refractivity contribution in [2.45, 2.75) is 19.3 Å². The van der Waals surface area contributed by atoms with Gasteiger partial charge in [0.25, 0.3) is 0 Å².